The normalized spacial score (nSPS) is 23.3. The van der Waals surface area contributed by atoms with Crippen LogP contribution in [0.5, 0.6) is 0 Å². The van der Waals surface area contributed by atoms with E-state index in [9.17, 15) is 4.79 Å². The Bertz CT molecular complexity index is 452. The first-order valence-corrected chi connectivity index (χ1v) is 7.54. The van der Waals surface area contributed by atoms with Gasteiger partial charge < -0.3 is 15.2 Å². The Morgan fingerprint density at radius 1 is 1.40 bits per heavy atom. The Kier molecular flexibility index (Phi) is 4.32. The van der Waals surface area contributed by atoms with E-state index < -0.39 is 0 Å². The third-order valence-electron chi connectivity index (χ3n) is 4.26. The number of amides is 1. The zero-order chi connectivity index (χ0) is 13.8. The molecule has 1 unspecified atom stereocenters. The monoisotopic (exact) mass is 277 g/mol. The molecule has 2 aliphatic rings. The van der Waals surface area contributed by atoms with E-state index in [1.54, 1.807) is 0 Å². The molecule has 2 N–H and O–H groups in total. The maximum absolute atomic E-state index is 12.2. The zero-order valence-corrected chi connectivity index (χ0v) is 11.8. The van der Waals surface area contributed by atoms with Crippen molar-refractivity contribution in [1.29, 1.82) is 0 Å². The van der Waals surface area contributed by atoms with Crippen LogP contribution >= 0.6 is 0 Å². The molecule has 2 aliphatic heterocycles. The van der Waals surface area contributed by atoms with Crippen molar-refractivity contribution in [3.63, 3.8) is 0 Å². The average molecular weight is 277 g/mol. The van der Waals surface area contributed by atoms with Gasteiger partial charge in [0.2, 0.25) is 5.91 Å². The van der Waals surface area contributed by atoms with E-state index in [-0.39, 0.29) is 11.8 Å². The highest BCUT2D eigenvalue weighted by molar-refractivity contribution is 5.78. The Hall–Kier alpha value is -1.40. The number of aromatic nitrogens is 2. The lowest BCUT2D eigenvalue weighted by Crippen LogP contribution is -2.47. The fourth-order valence-electron chi connectivity index (χ4n) is 2.99. The van der Waals surface area contributed by atoms with Gasteiger partial charge in [-0.2, -0.15) is 0 Å². The van der Waals surface area contributed by atoms with Gasteiger partial charge in [-0.3, -0.25) is 9.69 Å². The van der Waals surface area contributed by atoms with Crippen LogP contribution in [0.2, 0.25) is 0 Å². The summed E-state index contributed by atoms with van der Waals surface area (Å²) in [5.41, 5.74) is 0. The number of hydrogen-bond acceptors (Lipinski definition) is 4. The lowest BCUT2D eigenvalue weighted by Gasteiger charge is -2.28. The molecule has 3 rings (SSSR count). The van der Waals surface area contributed by atoms with Crippen LogP contribution in [-0.2, 0) is 17.8 Å². The largest absolute Gasteiger partial charge is 0.355 e. The van der Waals surface area contributed by atoms with Crippen molar-refractivity contribution in [2.75, 3.05) is 39.3 Å². The third-order valence-corrected chi connectivity index (χ3v) is 4.26. The van der Waals surface area contributed by atoms with Gasteiger partial charge in [0.1, 0.15) is 5.82 Å². The lowest BCUT2D eigenvalue weighted by molar-refractivity contribution is -0.125. The van der Waals surface area contributed by atoms with Gasteiger partial charge in [0.25, 0.3) is 0 Å². The molecule has 0 bridgehead atoms. The van der Waals surface area contributed by atoms with Gasteiger partial charge in [-0.05, 0) is 6.42 Å². The summed E-state index contributed by atoms with van der Waals surface area (Å²) >= 11 is 0. The van der Waals surface area contributed by atoms with Crippen molar-refractivity contribution in [1.82, 2.24) is 25.1 Å². The van der Waals surface area contributed by atoms with E-state index in [2.05, 4.69) is 25.1 Å². The van der Waals surface area contributed by atoms with Crippen molar-refractivity contribution in [3.05, 3.63) is 18.2 Å². The molecule has 1 saturated heterocycles. The van der Waals surface area contributed by atoms with Crippen LogP contribution < -0.4 is 10.6 Å². The fourth-order valence-corrected chi connectivity index (χ4v) is 2.99. The molecule has 1 aromatic heterocycles. The summed E-state index contributed by atoms with van der Waals surface area (Å²) in [5, 5.41) is 6.42. The van der Waals surface area contributed by atoms with Crippen LogP contribution in [0.4, 0.5) is 0 Å². The van der Waals surface area contributed by atoms with Gasteiger partial charge in [-0.25, -0.2) is 4.98 Å². The van der Waals surface area contributed by atoms with E-state index in [1.807, 2.05) is 12.4 Å². The molecule has 1 amide bonds. The van der Waals surface area contributed by atoms with Crippen molar-refractivity contribution >= 4 is 5.91 Å². The Morgan fingerprint density at radius 2 is 2.25 bits per heavy atom. The summed E-state index contributed by atoms with van der Waals surface area (Å²) in [6.07, 6.45) is 5.50. The molecule has 0 aromatic carbocycles. The predicted octanol–water partition coefficient (Wildman–Crippen LogP) is -0.533. The summed E-state index contributed by atoms with van der Waals surface area (Å²) in [7, 11) is 0. The predicted molar refractivity (Wildman–Crippen MR) is 76.4 cm³/mol. The second kappa shape index (κ2) is 6.37. The van der Waals surface area contributed by atoms with E-state index in [0.717, 1.165) is 64.5 Å². The van der Waals surface area contributed by atoms with Crippen LogP contribution in [0.1, 0.15) is 12.2 Å². The topological polar surface area (TPSA) is 62.2 Å². The molecule has 20 heavy (non-hydrogen) atoms. The van der Waals surface area contributed by atoms with Crippen molar-refractivity contribution in [3.8, 4) is 0 Å². The lowest BCUT2D eigenvalue weighted by atomic mass is 9.97. The summed E-state index contributed by atoms with van der Waals surface area (Å²) in [5.74, 6) is 1.32. The molecule has 0 saturated carbocycles. The molecule has 6 nitrogen and oxygen atoms in total. The Morgan fingerprint density at radius 3 is 3.10 bits per heavy atom. The molecular weight excluding hydrogens is 254 g/mol. The SMILES string of the molecule is O=C(NCCN1CCNCC1)C1CCn2ccnc2C1. The summed E-state index contributed by atoms with van der Waals surface area (Å²) in [6, 6.07) is 0. The summed E-state index contributed by atoms with van der Waals surface area (Å²) < 4.78 is 2.14. The summed E-state index contributed by atoms with van der Waals surface area (Å²) in [4.78, 5) is 18.9. The molecular formula is C14H23N5O. The molecule has 6 heteroatoms. The highest BCUT2D eigenvalue weighted by atomic mass is 16.1. The number of carbonyl (C=O) groups is 1. The quantitative estimate of drug-likeness (QED) is 0.776. The highest BCUT2D eigenvalue weighted by Crippen LogP contribution is 2.18. The molecule has 110 valence electrons. The average Bonchev–Trinajstić information content (AvgIpc) is 2.95. The minimum Gasteiger partial charge on any atom is -0.355 e. The molecule has 0 aliphatic carbocycles. The molecule has 0 radical (unpaired) electrons. The number of rotatable bonds is 4. The van der Waals surface area contributed by atoms with Gasteiger partial charge in [0.05, 0.1) is 0 Å². The van der Waals surface area contributed by atoms with Crippen molar-refractivity contribution in [2.24, 2.45) is 5.92 Å². The zero-order valence-electron chi connectivity index (χ0n) is 11.8. The fraction of sp³-hybridized carbons (Fsp3) is 0.714. The van der Waals surface area contributed by atoms with Crippen LogP contribution in [0.3, 0.4) is 0 Å². The van der Waals surface area contributed by atoms with Crippen LogP contribution in [-0.4, -0.2) is 59.6 Å². The second-order valence-corrected chi connectivity index (χ2v) is 5.61. The number of piperazine rings is 1. The van der Waals surface area contributed by atoms with Gasteiger partial charge in [0.15, 0.2) is 0 Å². The second-order valence-electron chi connectivity index (χ2n) is 5.61. The number of fused-ring (bicyclic) bond motifs is 1. The number of aryl methyl sites for hydroxylation is 1. The molecule has 1 aromatic rings. The van der Waals surface area contributed by atoms with Crippen LogP contribution in [0.15, 0.2) is 12.4 Å². The highest BCUT2D eigenvalue weighted by Gasteiger charge is 2.25. The summed E-state index contributed by atoms with van der Waals surface area (Å²) in [6.45, 7) is 6.88. The molecule has 1 fully saturated rings. The first kappa shape index (κ1) is 13.6. The van der Waals surface area contributed by atoms with Crippen molar-refractivity contribution in [2.45, 2.75) is 19.4 Å². The number of nitrogens with one attached hydrogen (secondary N) is 2. The van der Waals surface area contributed by atoms with Gasteiger partial charge in [-0.15, -0.1) is 0 Å². The molecule has 3 heterocycles. The van der Waals surface area contributed by atoms with Crippen molar-refractivity contribution < 1.29 is 4.79 Å². The Balaban J connectivity index is 1.41. The van der Waals surface area contributed by atoms with Gasteiger partial charge in [-0.1, -0.05) is 0 Å². The van der Waals surface area contributed by atoms with Gasteiger partial charge >= 0.3 is 0 Å². The Labute approximate surface area is 119 Å². The maximum atomic E-state index is 12.2. The first-order valence-electron chi connectivity index (χ1n) is 7.54. The minimum atomic E-state index is 0.0907. The van der Waals surface area contributed by atoms with Gasteiger partial charge in [0, 0.05) is 70.5 Å². The van der Waals surface area contributed by atoms with Crippen LogP contribution in [0, 0.1) is 5.92 Å². The van der Waals surface area contributed by atoms with E-state index in [0.29, 0.717) is 0 Å². The number of hydrogen-bond donors (Lipinski definition) is 2. The maximum Gasteiger partial charge on any atom is 0.223 e. The van der Waals surface area contributed by atoms with E-state index >= 15 is 0 Å². The minimum absolute atomic E-state index is 0.0907. The molecule has 0 spiro atoms. The standard InChI is InChI=1S/C14H23N5O/c20-14(17-4-9-18-7-2-15-3-8-18)12-1-6-19-10-5-16-13(19)11-12/h5,10,12,15H,1-4,6-9,11H2,(H,17,20). The first-order chi connectivity index (χ1) is 9.83. The number of imidazole rings is 1. The van der Waals surface area contributed by atoms with E-state index in [4.69, 9.17) is 0 Å². The third kappa shape index (κ3) is 3.19. The smallest absolute Gasteiger partial charge is 0.223 e. The number of carbonyl (C=O) groups excluding carboxylic acids is 1. The number of nitrogens with zero attached hydrogens (tertiary/aromatic N) is 3. The van der Waals surface area contributed by atoms with E-state index in [1.165, 1.54) is 0 Å². The molecule has 1 atom stereocenters. The van der Waals surface area contributed by atoms with Crippen LogP contribution in [0.25, 0.3) is 0 Å².